The topological polar surface area (TPSA) is 71.4 Å². The van der Waals surface area contributed by atoms with E-state index < -0.39 is 0 Å². The van der Waals surface area contributed by atoms with Gasteiger partial charge in [0.15, 0.2) is 0 Å². The Morgan fingerprint density at radius 1 is 1.40 bits per heavy atom. The zero-order chi connectivity index (χ0) is 11.1. The summed E-state index contributed by atoms with van der Waals surface area (Å²) in [6.45, 7) is 4.17. The SMILES string of the molecule is CN1CCN(NCC(=O)NCC#N)CC1. The maximum atomic E-state index is 11.1. The van der Waals surface area contributed by atoms with Gasteiger partial charge in [-0.1, -0.05) is 0 Å². The number of likely N-dealkylation sites (N-methyl/N-ethyl adjacent to an activating group) is 1. The zero-order valence-electron chi connectivity index (χ0n) is 8.99. The third kappa shape index (κ3) is 4.74. The highest BCUT2D eigenvalue weighted by Crippen LogP contribution is 1.94. The third-order valence-corrected chi connectivity index (χ3v) is 2.33. The molecule has 0 radical (unpaired) electrons. The van der Waals surface area contributed by atoms with Crippen LogP contribution >= 0.6 is 0 Å². The number of hydrogen-bond acceptors (Lipinski definition) is 5. The molecule has 0 unspecified atom stereocenters. The lowest BCUT2D eigenvalue weighted by atomic mass is 10.4. The summed E-state index contributed by atoms with van der Waals surface area (Å²) in [6.07, 6.45) is 0. The van der Waals surface area contributed by atoms with Crippen LogP contribution < -0.4 is 10.7 Å². The summed E-state index contributed by atoms with van der Waals surface area (Å²) < 4.78 is 0. The molecule has 1 saturated heterocycles. The molecule has 1 amide bonds. The highest BCUT2D eigenvalue weighted by atomic mass is 16.2. The molecule has 2 N–H and O–H groups in total. The molecule has 1 heterocycles. The molecule has 15 heavy (non-hydrogen) atoms. The second-order valence-corrected chi connectivity index (χ2v) is 3.56. The Morgan fingerprint density at radius 2 is 2.07 bits per heavy atom. The maximum absolute atomic E-state index is 11.1. The molecule has 1 aliphatic heterocycles. The fraction of sp³-hybridized carbons (Fsp3) is 0.778. The Hall–Kier alpha value is -1.16. The number of hydrogen-bond donors (Lipinski definition) is 2. The van der Waals surface area contributed by atoms with Crippen molar-refractivity contribution in [3.8, 4) is 6.07 Å². The van der Waals surface area contributed by atoms with Gasteiger partial charge in [-0.25, -0.2) is 10.4 Å². The highest BCUT2D eigenvalue weighted by molar-refractivity contribution is 5.78. The lowest BCUT2D eigenvalue weighted by Gasteiger charge is -2.32. The summed E-state index contributed by atoms with van der Waals surface area (Å²) in [6, 6.07) is 1.86. The average molecular weight is 211 g/mol. The monoisotopic (exact) mass is 211 g/mol. The van der Waals surface area contributed by atoms with Crippen molar-refractivity contribution >= 4 is 5.91 Å². The van der Waals surface area contributed by atoms with Gasteiger partial charge < -0.3 is 10.2 Å². The summed E-state index contributed by atoms with van der Waals surface area (Å²) in [5.74, 6) is -0.143. The summed E-state index contributed by atoms with van der Waals surface area (Å²) in [7, 11) is 2.08. The molecule has 1 rings (SSSR count). The van der Waals surface area contributed by atoms with Crippen molar-refractivity contribution in [2.75, 3.05) is 46.3 Å². The van der Waals surface area contributed by atoms with Crippen molar-refractivity contribution in [2.24, 2.45) is 0 Å². The Morgan fingerprint density at radius 3 is 2.67 bits per heavy atom. The first-order valence-corrected chi connectivity index (χ1v) is 5.03. The second kappa shape index (κ2) is 6.35. The van der Waals surface area contributed by atoms with Crippen LogP contribution in [-0.4, -0.2) is 62.1 Å². The number of nitrogens with one attached hydrogen (secondary N) is 2. The van der Waals surface area contributed by atoms with Gasteiger partial charge in [0, 0.05) is 26.2 Å². The first-order chi connectivity index (χ1) is 7.22. The van der Waals surface area contributed by atoms with Crippen LogP contribution in [-0.2, 0) is 4.79 Å². The summed E-state index contributed by atoms with van der Waals surface area (Å²) in [4.78, 5) is 13.4. The van der Waals surface area contributed by atoms with E-state index in [0.717, 1.165) is 26.2 Å². The quantitative estimate of drug-likeness (QED) is 0.547. The summed E-state index contributed by atoms with van der Waals surface area (Å²) >= 11 is 0. The van der Waals surface area contributed by atoms with Crippen molar-refractivity contribution in [1.82, 2.24) is 20.7 Å². The third-order valence-electron chi connectivity index (χ3n) is 2.33. The van der Waals surface area contributed by atoms with Gasteiger partial charge in [-0.05, 0) is 7.05 Å². The number of nitriles is 1. The van der Waals surface area contributed by atoms with Crippen LogP contribution in [0.1, 0.15) is 0 Å². The number of carbonyl (C=O) groups excluding carboxylic acids is 1. The van der Waals surface area contributed by atoms with Crippen molar-refractivity contribution in [1.29, 1.82) is 5.26 Å². The number of rotatable bonds is 4. The smallest absolute Gasteiger partial charge is 0.236 e. The van der Waals surface area contributed by atoms with E-state index in [1.807, 2.05) is 11.1 Å². The predicted molar refractivity (Wildman–Crippen MR) is 55.7 cm³/mol. The minimum Gasteiger partial charge on any atom is -0.342 e. The van der Waals surface area contributed by atoms with E-state index in [1.165, 1.54) is 0 Å². The number of hydrazine groups is 1. The minimum absolute atomic E-state index is 0.0727. The molecule has 6 nitrogen and oxygen atoms in total. The lowest BCUT2D eigenvalue weighted by molar-refractivity contribution is -0.121. The van der Waals surface area contributed by atoms with E-state index in [9.17, 15) is 4.79 Å². The molecular formula is C9H17N5O. The Kier molecular flexibility index (Phi) is 5.04. The maximum Gasteiger partial charge on any atom is 0.236 e. The predicted octanol–water partition coefficient (Wildman–Crippen LogP) is -1.62. The van der Waals surface area contributed by atoms with Gasteiger partial charge in [0.05, 0.1) is 12.6 Å². The first-order valence-electron chi connectivity index (χ1n) is 5.03. The Balaban J connectivity index is 2.09. The Bertz CT molecular complexity index is 241. The lowest BCUT2D eigenvalue weighted by Crippen LogP contribution is -2.52. The van der Waals surface area contributed by atoms with E-state index in [4.69, 9.17) is 5.26 Å². The van der Waals surface area contributed by atoms with Crippen LogP contribution in [0.2, 0.25) is 0 Å². The van der Waals surface area contributed by atoms with Crippen LogP contribution in [0.3, 0.4) is 0 Å². The summed E-state index contributed by atoms with van der Waals surface area (Å²) in [5.41, 5.74) is 3.04. The molecule has 0 aromatic rings. The van der Waals surface area contributed by atoms with Gasteiger partial charge in [0.25, 0.3) is 0 Å². The average Bonchev–Trinajstić information content (AvgIpc) is 2.25. The van der Waals surface area contributed by atoms with Crippen LogP contribution in [0.25, 0.3) is 0 Å². The van der Waals surface area contributed by atoms with Crippen LogP contribution in [0, 0.1) is 11.3 Å². The molecular weight excluding hydrogens is 194 g/mol. The van der Waals surface area contributed by atoms with Crippen LogP contribution in [0.4, 0.5) is 0 Å². The molecule has 0 bridgehead atoms. The zero-order valence-corrected chi connectivity index (χ0v) is 8.99. The number of piperazine rings is 1. The molecule has 0 atom stereocenters. The number of nitrogens with zero attached hydrogens (tertiary/aromatic N) is 3. The molecule has 1 fully saturated rings. The van der Waals surface area contributed by atoms with Gasteiger partial charge >= 0.3 is 0 Å². The van der Waals surface area contributed by atoms with E-state index in [2.05, 4.69) is 22.7 Å². The molecule has 84 valence electrons. The number of carbonyl (C=O) groups is 1. The molecule has 0 aromatic heterocycles. The molecule has 0 spiro atoms. The second-order valence-electron chi connectivity index (χ2n) is 3.56. The molecule has 0 aliphatic carbocycles. The minimum atomic E-state index is -0.143. The molecule has 0 saturated carbocycles. The van der Waals surface area contributed by atoms with E-state index in [-0.39, 0.29) is 19.0 Å². The van der Waals surface area contributed by atoms with Crippen molar-refractivity contribution in [3.05, 3.63) is 0 Å². The van der Waals surface area contributed by atoms with Gasteiger partial charge in [-0.15, -0.1) is 0 Å². The van der Waals surface area contributed by atoms with Gasteiger partial charge in [0.2, 0.25) is 5.91 Å². The van der Waals surface area contributed by atoms with Crippen LogP contribution in [0.15, 0.2) is 0 Å². The summed E-state index contributed by atoms with van der Waals surface area (Å²) in [5, 5.41) is 12.8. The standard InChI is InChI=1S/C9H17N5O/c1-13-4-6-14(7-5-13)12-8-9(15)11-3-2-10/h12H,3-8H2,1H3,(H,11,15). The highest BCUT2D eigenvalue weighted by Gasteiger charge is 2.13. The fourth-order valence-electron chi connectivity index (χ4n) is 1.35. The van der Waals surface area contributed by atoms with Crippen molar-refractivity contribution < 1.29 is 4.79 Å². The molecule has 0 aromatic carbocycles. The van der Waals surface area contributed by atoms with E-state index in [0.29, 0.717) is 0 Å². The largest absolute Gasteiger partial charge is 0.342 e. The molecule has 1 aliphatic rings. The first kappa shape index (κ1) is 11.9. The van der Waals surface area contributed by atoms with Gasteiger partial charge in [0.1, 0.15) is 6.54 Å². The fourth-order valence-corrected chi connectivity index (χ4v) is 1.35. The van der Waals surface area contributed by atoms with E-state index in [1.54, 1.807) is 0 Å². The Labute approximate surface area is 89.8 Å². The van der Waals surface area contributed by atoms with E-state index >= 15 is 0 Å². The normalized spacial score (nSPS) is 18.4. The van der Waals surface area contributed by atoms with Crippen molar-refractivity contribution in [3.63, 3.8) is 0 Å². The van der Waals surface area contributed by atoms with Gasteiger partial charge in [-0.3, -0.25) is 4.79 Å². The van der Waals surface area contributed by atoms with Crippen molar-refractivity contribution in [2.45, 2.75) is 0 Å². The van der Waals surface area contributed by atoms with Crippen LogP contribution in [0.5, 0.6) is 0 Å². The number of amides is 1. The molecule has 6 heteroatoms. The van der Waals surface area contributed by atoms with Gasteiger partial charge in [-0.2, -0.15) is 5.26 Å².